The van der Waals surface area contributed by atoms with Crippen LogP contribution in [0.4, 0.5) is 5.69 Å². The molecule has 3 aromatic rings. The summed E-state index contributed by atoms with van der Waals surface area (Å²) in [5.74, 6) is 0.262. The molecule has 2 atom stereocenters. The normalized spacial score (nSPS) is 19.0. The predicted molar refractivity (Wildman–Crippen MR) is 148 cm³/mol. The smallest absolute Gasteiger partial charge is 0.262 e. The number of aliphatic imine (C=N–C) groups is 1. The van der Waals surface area contributed by atoms with Crippen molar-refractivity contribution in [1.29, 1.82) is 0 Å². The summed E-state index contributed by atoms with van der Waals surface area (Å²) in [6.45, 7) is 3.97. The molecule has 0 unspecified atom stereocenters. The number of hydrazone groups is 1. The van der Waals surface area contributed by atoms with Gasteiger partial charge in [0.25, 0.3) is 5.91 Å². The van der Waals surface area contributed by atoms with Gasteiger partial charge in [-0.1, -0.05) is 54.2 Å². The van der Waals surface area contributed by atoms with Gasteiger partial charge >= 0.3 is 0 Å². The van der Waals surface area contributed by atoms with Crippen LogP contribution in [-0.4, -0.2) is 40.1 Å². The first kappa shape index (κ1) is 24.8. The number of carbonyl (C=O) groups excluding carboxylic acids is 2. The number of carbonyl (C=O) groups is 2. The third-order valence-corrected chi connectivity index (χ3v) is 7.83. The Bertz CT molecular complexity index is 1390. The molecule has 3 aromatic carbocycles. The van der Waals surface area contributed by atoms with E-state index in [9.17, 15) is 9.59 Å². The highest BCUT2D eigenvalue weighted by molar-refractivity contribution is 8.15. The number of methoxy groups -OCH3 is 1. The van der Waals surface area contributed by atoms with Gasteiger partial charge in [0.2, 0.25) is 5.91 Å². The molecular weight excluding hydrogens is 484 g/mol. The SMILES string of the molecule is COc1ccc(C2=NN(C3=NC(=O)[C@H](CC(=O)Nc4cccc(C)c4C)S3)[C@H](c3ccccc3)C2)cc1. The summed E-state index contributed by atoms with van der Waals surface area (Å²) in [5, 5.41) is 9.61. The third kappa shape index (κ3) is 5.29. The van der Waals surface area contributed by atoms with Crippen molar-refractivity contribution in [2.75, 3.05) is 12.4 Å². The molecular formula is C29H28N4O3S. The molecule has 37 heavy (non-hydrogen) atoms. The molecule has 0 fully saturated rings. The number of hydrogen-bond acceptors (Lipinski definition) is 6. The number of anilines is 1. The van der Waals surface area contributed by atoms with Crippen LogP contribution >= 0.6 is 11.8 Å². The van der Waals surface area contributed by atoms with Crippen molar-refractivity contribution in [3.05, 3.63) is 95.1 Å². The monoisotopic (exact) mass is 512 g/mol. The molecule has 8 heteroatoms. The Hall–Kier alpha value is -3.91. The summed E-state index contributed by atoms with van der Waals surface area (Å²) in [4.78, 5) is 30.0. The molecule has 5 rings (SSSR count). The van der Waals surface area contributed by atoms with Gasteiger partial charge in [-0.2, -0.15) is 10.1 Å². The maximum absolute atomic E-state index is 12.8. The van der Waals surface area contributed by atoms with Crippen LogP contribution in [0.1, 0.15) is 41.1 Å². The van der Waals surface area contributed by atoms with Gasteiger partial charge in [0.15, 0.2) is 5.17 Å². The Balaban J connectivity index is 1.34. The van der Waals surface area contributed by atoms with E-state index in [4.69, 9.17) is 9.84 Å². The molecule has 0 bridgehead atoms. The van der Waals surface area contributed by atoms with Crippen LogP contribution in [-0.2, 0) is 9.59 Å². The van der Waals surface area contributed by atoms with Gasteiger partial charge in [0.1, 0.15) is 11.0 Å². The lowest BCUT2D eigenvalue weighted by molar-refractivity contribution is -0.121. The van der Waals surface area contributed by atoms with Crippen molar-refractivity contribution < 1.29 is 14.3 Å². The second-order valence-corrected chi connectivity index (χ2v) is 10.3. The van der Waals surface area contributed by atoms with E-state index in [1.54, 1.807) is 7.11 Å². The van der Waals surface area contributed by atoms with E-state index >= 15 is 0 Å². The van der Waals surface area contributed by atoms with Gasteiger partial charge in [-0.15, -0.1) is 0 Å². The molecule has 0 aromatic heterocycles. The first-order valence-electron chi connectivity index (χ1n) is 12.1. The maximum Gasteiger partial charge on any atom is 0.262 e. The number of rotatable bonds is 6. The topological polar surface area (TPSA) is 83.4 Å². The van der Waals surface area contributed by atoms with E-state index in [0.29, 0.717) is 11.6 Å². The summed E-state index contributed by atoms with van der Waals surface area (Å²) in [6.07, 6.45) is 0.713. The number of thioether (sulfide) groups is 1. The Labute approximate surface area is 220 Å². The van der Waals surface area contributed by atoms with Crippen LogP contribution in [0.3, 0.4) is 0 Å². The highest BCUT2D eigenvalue weighted by atomic mass is 32.2. The van der Waals surface area contributed by atoms with Gasteiger partial charge in [0.05, 0.1) is 18.9 Å². The zero-order valence-electron chi connectivity index (χ0n) is 21.0. The van der Waals surface area contributed by atoms with Crippen molar-refractivity contribution in [3.63, 3.8) is 0 Å². The molecule has 0 saturated heterocycles. The van der Waals surface area contributed by atoms with Crippen LogP contribution in [0.15, 0.2) is 82.9 Å². The fraction of sp³-hybridized carbons (Fsp3) is 0.241. The average molecular weight is 513 g/mol. The molecule has 188 valence electrons. The van der Waals surface area contributed by atoms with Gasteiger partial charge < -0.3 is 10.1 Å². The Kier molecular flexibility index (Phi) is 7.10. The van der Waals surface area contributed by atoms with Crippen molar-refractivity contribution in [1.82, 2.24) is 5.01 Å². The first-order chi connectivity index (χ1) is 17.9. The highest BCUT2D eigenvalue weighted by Gasteiger charge is 2.39. The molecule has 1 N–H and O–H groups in total. The van der Waals surface area contributed by atoms with Gasteiger partial charge in [-0.3, -0.25) is 9.59 Å². The minimum atomic E-state index is -0.586. The van der Waals surface area contributed by atoms with Crippen LogP contribution in [0, 0.1) is 13.8 Å². The number of nitrogens with zero attached hydrogens (tertiary/aromatic N) is 3. The number of hydrogen-bond donors (Lipinski definition) is 1. The number of nitrogens with one attached hydrogen (secondary N) is 1. The number of amidine groups is 1. The Morgan fingerprint density at radius 3 is 2.54 bits per heavy atom. The van der Waals surface area contributed by atoms with Crippen LogP contribution < -0.4 is 10.1 Å². The lowest BCUT2D eigenvalue weighted by Gasteiger charge is -2.23. The minimum Gasteiger partial charge on any atom is -0.497 e. The number of amides is 2. The molecule has 2 aliphatic rings. The van der Waals surface area contributed by atoms with E-state index in [1.807, 2.05) is 79.5 Å². The predicted octanol–water partition coefficient (Wildman–Crippen LogP) is 5.49. The molecule has 0 spiro atoms. The van der Waals surface area contributed by atoms with Gasteiger partial charge in [0, 0.05) is 18.5 Å². The minimum absolute atomic E-state index is 0.0444. The average Bonchev–Trinajstić information content (AvgIpc) is 3.51. The summed E-state index contributed by atoms with van der Waals surface area (Å²) in [6, 6.07) is 23.6. The largest absolute Gasteiger partial charge is 0.497 e. The zero-order valence-corrected chi connectivity index (χ0v) is 21.8. The van der Waals surface area contributed by atoms with Crippen molar-refractivity contribution in [2.24, 2.45) is 10.1 Å². The van der Waals surface area contributed by atoms with Gasteiger partial charge in [-0.25, -0.2) is 5.01 Å². The number of ether oxygens (including phenoxy) is 1. The van der Waals surface area contributed by atoms with Crippen LogP contribution in [0.2, 0.25) is 0 Å². The second-order valence-electron chi connectivity index (χ2n) is 9.09. The molecule has 2 aliphatic heterocycles. The number of aryl methyl sites for hydroxylation is 1. The molecule has 0 saturated carbocycles. The summed E-state index contributed by atoms with van der Waals surface area (Å²) in [5.41, 5.74) is 5.86. The molecule has 0 aliphatic carbocycles. The zero-order chi connectivity index (χ0) is 25.9. The third-order valence-electron chi connectivity index (χ3n) is 6.69. The van der Waals surface area contributed by atoms with E-state index in [0.717, 1.165) is 39.4 Å². The van der Waals surface area contributed by atoms with Crippen LogP contribution in [0.25, 0.3) is 0 Å². The van der Waals surface area contributed by atoms with Crippen LogP contribution in [0.5, 0.6) is 5.75 Å². The maximum atomic E-state index is 12.8. The van der Waals surface area contributed by atoms with E-state index in [1.165, 1.54) is 11.8 Å². The standard InChI is InChI=1S/C29H28N4O3S/c1-18-8-7-11-23(19(18)2)30-27(34)17-26-28(35)31-29(37-26)33-25(21-9-5-4-6-10-21)16-24(32-33)20-12-14-22(36-3)15-13-20/h4-15,25-26H,16-17H2,1-3H3,(H,30,34)/t25-,26-/m0/s1. The van der Waals surface area contributed by atoms with Crippen molar-refractivity contribution in [2.45, 2.75) is 38.0 Å². The van der Waals surface area contributed by atoms with Crippen molar-refractivity contribution in [3.8, 4) is 5.75 Å². The fourth-order valence-corrected chi connectivity index (χ4v) is 5.50. The Morgan fingerprint density at radius 1 is 1.05 bits per heavy atom. The molecule has 0 radical (unpaired) electrons. The van der Waals surface area contributed by atoms with Gasteiger partial charge in [-0.05, 0) is 66.4 Å². The highest BCUT2D eigenvalue weighted by Crippen LogP contribution is 2.38. The quantitative estimate of drug-likeness (QED) is 0.472. The Morgan fingerprint density at radius 2 is 1.81 bits per heavy atom. The van der Waals surface area contributed by atoms with E-state index < -0.39 is 5.25 Å². The lowest BCUT2D eigenvalue weighted by atomic mass is 9.98. The lowest BCUT2D eigenvalue weighted by Crippen LogP contribution is -2.25. The molecule has 2 heterocycles. The first-order valence-corrected chi connectivity index (χ1v) is 13.0. The molecule has 2 amide bonds. The summed E-state index contributed by atoms with van der Waals surface area (Å²) in [7, 11) is 1.64. The van der Waals surface area contributed by atoms with Crippen molar-refractivity contribution >= 4 is 40.1 Å². The fourth-order valence-electron chi connectivity index (χ4n) is 4.44. The second kappa shape index (κ2) is 10.6. The number of benzene rings is 3. The van der Waals surface area contributed by atoms with E-state index in [2.05, 4.69) is 22.4 Å². The summed E-state index contributed by atoms with van der Waals surface area (Å²) < 4.78 is 5.29. The summed E-state index contributed by atoms with van der Waals surface area (Å²) >= 11 is 1.30. The van der Waals surface area contributed by atoms with E-state index in [-0.39, 0.29) is 24.3 Å². The molecule has 7 nitrogen and oxygen atoms in total.